The van der Waals surface area contributed by atoms with Crippen LogP contribution >= 0.6 is 0 Å². The molecule has 0 amide bonds. The Bertz CT molecular complexity index is 415. The van der Waals surface area contributed by atoms with Crippen LogP contribution in [-0.2, 0) is 17.1 Å². The summed E-state index contributed by atoms with van der Waals surface area (Å²) in [5, 5.41) is 0. The second kappa shape index (κ2) is 7.26. The maximum Gasteiger partial charge on any atom is 2.00 e. The molecule has 2 saturated carbocycles. The molecular weight excluding hydrogens is 274 g/mol. The molecule has 0 saturated heterocycles. The zero-order chi connectivity index (χ0) is 12.2. The van der Waals surface area contributed by atoms with Gasteiger partial charge in [0.15, 0.2) is 0 Å². The number of rotatable bonds is 0. The summed E-state index contributed by atoms with van der Waals surface area (Å²) in [6, 6.07) is 4.06. The third kappa shape index (κ3) is 3.49. The van der Waals surface area contributed by atoms with Crippen molar-refractivity contribution in [3.05, 3.63) is 98.9 Å². The molecule has 1 aromatic heterocycles. The van der Waals surface area contributed by atoms with Crippen molar-refractivity contribution in [3.8, 4) is 0 Å². The van der Waals surface area contributed by atoms with Crippen LogP contribution in [0.5, 0.6) is 0 Å². The van der Waals surface area contributed by atoms with Crippen molar-refractivity contribution in [2.24, 2.45) is 0 Å². The van der Waals surface area contributed by atoms with Crippen LogP contribution in [-0.4, -0.2) is 4.98 Å². The van der Waals surface area contributed by atoms with Crippen LogP contribution in [0.2, 0.25) is 0 Å². The van der Waals surface area contributed by atoms with Crippen molar-refractivity contribution in [1.29, 1.82) is 0 Å². The Balaban J connectivity index is 0.000000190. The Morgan fingerprint density at radius 2 is 1.53 bits per heavy atom. The first kappa shape index (κ1) is 14.8. The van der Waals surface area contributed by atoms with Gasteiger partial charge in [0.2, 0.25) is 0 Å². The number of hydrogen-bond acceptors (Lipinski definition) is 1. The molecule has 92 valence electrons. The maximum atomic E-state index is 4.38. The number of fused-ring (bicyclic) bond motifs is 3. The van der Waals surface area contributed by atoms with E-state index in [1.54, 1.807) is 0 Å². The Morgan fingerprint density at radius 1 is 0.789 bits per heavy atom. The average molecular weight is 287 g/mol. The predicted octanol–water partition coefficient (Wildman–Crippen LogP) is 3.25. The van der Waals surface area contributed by atoms with E-state index in [-0.39, 0.29) is 17.1 Å². The molecule has 1 aromatic rings. The topological polar surface area (TPSA) is 12.9 Å². The predicted molar refractivity (Wildman–Crippen MR) is 73.3 cm³/mol. The first-order chi connectivity index (χ1) is 8.95. The molecule has 3 aliphatic rings. The smallest absolute Gasteiger partial charge is 0.260 e. The molecule has 3 aliphatic carbocycles. The molecule has 1 nitrogen and oxygen atoms in total. The van der Waals surface area contributed by atoms with Gasteiger partial charge < -0.3 is 0 Å². The molecule has 19 heavy (non-hydrogen) atoms. The second-order valence-electron chi connectivity index (χ2n) is 4.13. The van der Waals surface area contributed by atoms with Crippen molar-refractivity contribution >= 4 is 6.08 Å². The van der Waals surface area contributed by atoms with Gasteiger partial charge in [-0.3, -0.25) is 4.98 Å². The molecule has 10 radical (unpaired) electrons. The number of hydrogen-bond donors (Lipinski definition) is 0. The summed E-state index contributed by atoms with van der Waals surface area (Å²) in [5.41, 5.74) is 2.31. The van der Waals surface area contributed by atoms with Crippen LogP contribution in [0.15, 0.2) is 24.4 Å². The fourth-order valence-corrected chi connectivity index (χ4v) is 2.07. The molecule has 0 unspecified atom stereocenters. The van der Waals surface area contributed by atoms with Crippen LogP contribution in [0.3, 0.4) is 0 Å². The molecule has 4 rings (SSSR count). The standard InChI is InChI=1S/C12H8N.C5H5.Fe/c1-3-9-6-7-10-4-2-8-13-12(10)11(9)5-1;1-2-4-5-3-1;/h1-8H;1-5H;/q;;+2. The van der Waals surface area contributed by atoms with Crippen LogP contribution in [0, 0.1) is 63.2 Å². The molecule has 1 heterocycles. The Morgan fingerprint density at radius 3 is 2.26 bits per heavy atom. The monoisotopic (exact) mass is 287 g/mol. The third-order valence-electron chi connectivity index (χ3n) is 2.94. The van der Waals surface area contributed by atoms with Crippen molar-refractivity contribution in [1.82, 2.24) is 4.98 Å². The molecule has 2 fully saturated rings. The molecule has 2 heteroatoms. The zero-order valence-corrected chi connectivity index (χ0v) is 11.4. The Labute approximate surface area is 127 Å². The molecule has 0 aliphatic heterocycles. The largest absolute Gasteiger partial charge is 2.00 e. The summed E-state index contributed by atoms with van der Waals surface area (Å²) in [5.74, 6) is 2.52. The fourth-order valence-electron chi connectivity index (χ4n) is 2.07. The first-order valence-electron chi connectivity index (χ1n) is 6.01. The third-order valence-corrected chi connectivity index (χ3v) is 2.94. The van der Waals surface area contributed by atoms with Crippen LogP contribution in [0.1, 0.15) is 11.3 Å². The minimum Gasteiger partial charge on any atom is -0.260 e. The summed E-state index contributed by atoms with van der Waals surface area (Å²) in [6.07, 6.45) is 22.4. The van der Waals surface area contributed by atoms with Gasteiger partial charge in [-0.2, -0.15) is 0 Å². The van der Waals surface area contributed by atoms with Crippen LogP contribution in [0.25, 0.3) is 6.08 Å². The van der Waals surface area contributed by atoms with Crippen molar-refractivity contribution in [2.45, 2.75) is 0 Å². The Hall–Kier alpha value is -0.591. The summed E-state index contributed by atoms with van der Waals surface area (Å²) < 4.78 is 0. The molecule has 0 bridgehead atoms. The van der Waals surface area contributed by atoms with E-state index in [1.807, 2.05) is 44.4 Å². The van der Waals surface area contributed by atoms with E-state index in [0.29, 0.717) is 0 Å². The van der Waals surface area contributed by atoms with Gasteiger partial charge in [-0.25, -0.2) is 0 Å². The molecule has 0 atom stereocenters. The number of nitrogens with zero attached hydrogens (tertiary/aromatic N) is 1. The van der Waals surface area contributed by atoms with E-state index >= 15 is 0 Å². The van der Waals surface area contributed by atoms with E-state index < -0.39 is 0 Å². The van der Waals surface area contributed by atoms with Crippen LogP contribution < -0.4 is 0 Å². The van der Waals surface area contributed by atoms with Gasteiger partial charge >= 0.3 is 17.1 Å². The Kier molecular flexibility index (Phi) is 5.66. The number of allylic oxidation sites excluding steroid dienone is 1. The van der Waals surface area contributed by atoms with E-state index in [0.717, 1.165) is 5.69 Å². The summed E-state index contributed by atoms with van der Waals surface area (Å²) in [7, 11) is 0. The van der Waals surface area contributed by atoms with Gasteiger partial charge in [-0.1, -0.05) is 18.2 Å². The van der Waals surface area contributed by atoms with Gasteiger partial charge in [0.1, 0.15) is 0 Å². The summed E-state index contributed by atoms with van der Waals surface area (Å²) in [6.45, 7) is 0. The minimum absolute atomic E-state index is 0. The fraction of sp³-hybridized carbons (Fsp3) is 0. The molecule has 0 spiro atoms. The normalized spacial score (nSPS) is 21.1. The van der Waals surface area contributed by atoms with E-state index in [1.165, 1.54) is 17.4 Å². The van der Waals surface area contributed by atoms with Crippen molar-refractivity contribution in [3.63, 3.8) is 0 Å². The van der Waals surface area contributed by atoms with Gasteiger partial charge in [-0.05, 0) is 63.0 Å². The van der Waals surface area contributed by atoms with Crippen molar-refractivity contribution < 1.29 is 17.1 Å². The van der Waals surface area contributed by atoms with Gasteiger partial charge in [0.25, 0.3) is 0 Å². The van der Waals surface area contributed by atoms with Crippen molar-refractivity contribution in [2.75, 3.05) is 0 Å². The zero-order valence-electron chi connectivity index (χ0n) is 10.3. The van der Waals surface area contributed by atoms with E-state index in [9.17, 15) is 0 Å². The first-order valence-corrected chi connectivity index (χ1v) is 6.01. The van der Waals surface area contributed by atoms with Gasteiger partial charge in [0.05, 0.1) is 5.69 Å². The average Bonchev–Trinajstić information content (AvgIpc) is 3.12. The van der Waals surface area contributed by atoms with E-state index in [2.05, 4.69) is 42.5 Å². The number of aromatic nitrogens is 1. The number of pyridine rings is 1. The molecule has 0 N–H and O–H groups in total. The molecule has 0 aromatic carbocycles. The summed E-state index contributed by atoms with van der Waals surface area (Å²) >= 11 is 0. The SMILES string of the molecule is [CH]1[CH][CH][CH][CH]1.[CH]1[CH][C]2C=Cc3cccnc3[C]2[CH]1.[Fe+2]. The molecular formula is C17H13FeN+2. The van der Waals surface area contributed by atoms with Crippen LogP contribution in [0.4, 0.5) is 0 Å². The summed E-state index contributed by atoms with van der Waals surface area (Å²) in [4.78, 5) is 4.38. The second-order valence-corrected chi connectivity index (χ2v) is 4.13. The minimum atomic E-state index is 0. The quantitative estimate of drug-likeness (QED) is 0.667. The maximum absolute atomic E-state index is 4.38. The van der Waals surface area contributed by atoms with E-state index in [4.69, 9.17) is 0 Å². The van der Waals surface area contributed by atoms with Gasteiger partial charge in [0, 0.05) is 18.0 Å². The van der Waals surface area contributed by atoms with Gasteiger partial charge in [-0.15, -0.1) is 0 Å².